The molecule has 1 saturated heterocycles. The Morgan fingerprint density at radius 1 is 1.50 bits per heavy atom. The van der Waals surface area contributed by atoms with E-state index in [0.717, 1.165) is 25.9 Å². The summed E-state index contributed by atoms with van der Waals surface area (Å²) in [6.07, 6.45) is 3.32. The Kier molecular flexibility index (Phi) is 4.21. The summed E-state index contributed by atoms with van der Waals surface area (Å²) in [6, 6.07) is 1.50. The van der Waals surface area contributed by atoms with Gasteiger partial charge in [-0.2, -0.15) is 0 Å². The molecule has 1 aliphatic rings. The number of fused-ring (bicyclic) bond motifs is 1. The first-order valence-electron chi connectivity index (χ1n) is 6.97. The van der Waals surface area contributed by atoms with E-state index >= 15 is 0 Å². The zero-order valence-corrected chi connectivity index (χ0v) is 13.3. The predicted molar refractivity (Wildman–Crippen MR) is 85.2 cm³/mol. The van der Waals surface area contributed by atoms with Crippen molar-refractivity contribution in [3.8, 4) is 0 Å². The predicted octanol–water partition coefficient (Wildman–Crippen LogP) is 1.79. The highest BCUT2D eigenvalue weighted by Crippen LogP contribution is 2.31. The lowest BCUT2D eigenvalue weighted by Crippen LogP contribution is -2.38. The van der Waals surface area contributed by atoms with Gasteiger partial charge in [-0.3, -0.25) is 4.79 Å². The summed E-state index contributed by atoms with van der Waals surface area (Å²) in [7, 11) is 0. The van der Waals surface area contributed by atoms with Crippen molar-refractivity contribution >= 4 is 38.6 Å². The van der Waals surface area contributed by atoms with E-state index in [0.29, 0.717) is 5.82 Å². The Morgan fingerprint density at radius 3 is 3.00 bits per heavy atom. The molecule has 1 atom stereocenters. The van der Waals surface area contributed by atoms with Crippen molar-refractivity contribution in [1.82, 2.24) is 15.3 Å². The molecule has 1 fully saturated rings. The Balaban J connectivity index is 2.12. The summed E-state index contributed by atoms with van der Waals surface area (Å²) in [5, 5.41) is 6.68. The number of amides is 1. The van der Waals surface area contributed by atoms with Gasteiger partial charge in [0.05, 0.1) is 20.9 Å². The number of aromatic nitrogens is 2. The van der Waals surface area contributed by atoms with Crippen molar-refractivity contribution in [2.75, 3.05) is 18.4 Å². The normalized spacial score (nSPS) is 18.4. The number of anilines is 1. The second-order valence-electron chi connectivity index (χ2n) is 5.22. The van der Waals surface area contributed by atoms with Crippen LogP contribution in [0.25, 0.3) is 10.9 Å². The van der Waals surface area contributed by atoms with Crippen LogP contribution in [-0.4, -0.2) is 35.0 Å². The molecule has 8 heteroatoms. The van der Waals surface area contributed by atoms with Crippen molar-refractivity contribution in [1.29, 1.82) is 0 Å². The first kappa shape index (κ1) is 15.1. The second kappa shape index (κ2) is 6.13. The molecule has 1 aliphatic heterocycles. The third kappa shape index (κ3) is 2.76. The molecular weight excluding hydrogens is 353 g/mol. The largest absolute Gasteiger partial charge is 0.366 e. The molecular formula is C14H15BrFN5O. The van der Waals surface area contributed by atoms with E-state index in [1.54, 1.807) is 0 Å². The number of benzene rings is 1. The number of halogens is 2. The molecule has 1 aromatic heterocycles. The van der Waals surface area contributed by atoms with Crippen LogP contribution in [0, 0.1) is 5.82 Å². The van der Waals surface area contributed by atoms with Crippen LogP contribution < -0.4 is 16.4 Å². The SMILES string of the molecule is NC(=O)c1cc(Br)c(F)c2c(N[C@H]3CCCNC3)ncnc12. The molecule has 0 radical (unpaired) electrons. The fraction of sp³-hybridized carbons (Fsp3) is 0.357. The van der Waals surface area contributed by atoms with Crippen LogP contribution in [0.5, 0.6) is 0 Å². The number of hydrogen-bond acceptors (Lipinski definition) is 5. The summed E-state index contributed by atoms with van der Waals surface area (Å²) >= 11 is 3.12. The van der Waals surface area contributed by atoms with E-state index in [4.69, 9.17) is 5.73 Å². The van der Waals surface area contributed by atoms with E-state index in [1.165, 1.54) is 12.4 Å². The van der Waals surface area contributed by atoms with Crippen molar-refractivity contribution in [3.05, 3.63) is 28.2 Å². The van der Waals surface area contributed by atoms with E-state index < -0.39 is 11.7 Å². The number of carbonyl (C=O) groups excluding carboxylic acids is 1. The van der Waals surface area contributed by atoms with Crippen LogP contribution >= 0.6 is 15.9 Å². The van der Waals surface area contributed by atoms with Gasteiger partial charge in [-0.15, -0.1) is 0 Å². The van der Waals surface area contributed by atoms with Crippen LogP contribution in [0.2, 0.25) is 0 Å². The fourth-order valence-corrected chi connectivity index (χ4v) is 3.07. The lowest BCUT2D eigenvalue weighted by molar-refractivity contribution is 0.100. The first-order chi connectivity index (χ1) is 10.6. The highest BCUT2D eigenvalue weighted by Gasteiger charge is 2.21. The summed E-state index contributed by atoms with van der Waals surface area (Å²) in [5.74, 6) is -0.790. The third-order valence-corrected chi connectivity index (χ3v) is 4.28. The molecule has 0 aliphatic carbocycles. The van der Waals surface area contributed by atoms with E-state index in [-0.39, 0.29) is 27.0 Å². The average molecular weight is 368 g/mol. The Labute approximate surface area is 134 Å². The van der Waals surface area contributed by atoms with Gasteiger partial charge < -0.3 is 16.4 Å². The van der Waals surface area contributed by atoms with Crippen LogP contribution in [-0.2, 0) is 0 Å². The van der Waals surface area contributed by atoms with Gasteiger partial charge in [-0.1, -0.05) is 0 Å². The number of rotatable bonds is 3. The highest BCUT2D eigenvalue weighted by atomic mass is 79.9. The smallest absolute Gasteiger partial charge is 0.250 e. The van der Waals surface area contributed by atoms with Gasteiger partial charge >= 0.3 is 0 Å². The summed E-state index contributed by atoms with van der Waals surface area (Å²) < 4.78 is 14.7. The Bertz CT molecular complexity index is 733. The molecule has 1 aromatic carbocycles. The van der Waals surface area contributed by atoms with Crippen molar-refractivity contribution < 1.29 is 9.18 Å². The molecule has 4 N–H and O–H groups in total. The molecule has 0 bridgehead atoms. The van der Waals surface area contributed by atoms with Gasteiger partial charge in [0.2, 0.25) is 0 Å². The Morgan fingerprint density at radius 2 is 2.32 bits per heavy atom. The molecule has 0 unspecified atom stereocenters. The standard InChI is InChI=1S/C14H15BrFN5O/c15-9-4-8(13(17)22)12-10(11(9)16)14(20-6-19-12)21-7-2-1-3-18-5-7/h4,6-7,18H,1-3,5H2,(H2,17,22)(H,19,20,21)/t7-/m0/s1. The fourth-order valence-electron chi connectivity index (χ4n) is 2.64. The van der Waals surface area contributed by atoms with Crippen LogP contribution in [0.3, 0.4) is 0 Å². The summed E-state index contributed by atoms with van der Waals surface area (Å²) in [4.78, 5) is 19.7. The minimum atomic E-state index is -0.658. The minimum Gasteiger partial charge on any atom is -0.366 e. The van der Waals surface area contributed by atoms with Crippen LogP contribution in [0.4, 0.5) is 10.2 Å². The highest BCUT2D eigenvalue weighted by molar-refractivity contribution is 9.10. The van der Waals surface area contributed by atoms with Gasteiger partial charge in [0, 0.05) is 12.6 Å². The van der Waals surface area contributed by atoms with Gasteiger partial charge in [0.25, 0.3) is 5.91 Å². The molecule has 6 nitrogen and oxygen atoms in total. The molecule has 1 amide bonds. The van der Waals surface area contributed by atoms with Gasteiger partial charge in [-0.25, -0.2) is 14.4 Å². The number of nitrogens with one attached hydrogen (secondary N) is 2. The van der Waals surface area contributed by atoms with Crippen molar-refractivity contribution in [2.24, 2.45) is 5.73 Å². The monoisotopic (exact) mass is 367 g/mol. The van der Waals surface area contributed by atoms with Gasteiger partial charge in [-0.05, 0) is 41.4 Å². The molecule has 116 valence electrons. The maximum atomic E-state index is 14.5. The second-order valence-corrected chi connectivity index (χ2v) is 6.07. The number of carbonyl (C=O) groups is 1. The summed E-state index contributed by atoms with van der Waals surface area (Å²) in [6.45, 7) is 1.76. The average Bonchev–Trinajstić information content (AvgIpc) is 2.51. The topological polar surface area (TPSA) is 92.9 Å². The number of primary amides is 1. The van der Waals surface area contributed by atoms with E-state index in [2.05, 4.69) is 36.5 Å². The molecule has 0 spiro atoms. The van der Waals surface area contributed by atoms with Crippen molar-refractivity contribution in [3.63, 3.8) is 0 Å². The Hall–Kier alpha value is -1.80. The molecule has 0 saturated carbocycles. The quantitative estimate of drug-likeness (QED) is 0.768. The third-order valence-electron chi connectivity index (χ3n) is 3.71. The number of nitrogens with two attached hydrogens (primary N) is 1. The minimum absolute atomic E-state index is 0.155. The van der Waals surface area contributed by atoms with Crippen molar-refractivity contribution in [2.45, 2.75) is 18.9 Å². The lowest BCUT2D eigenvalue weighted by Gasteiger charge is -2.25. The molecule has 22 heavy (non-hydrogen) atoms. The van der Waals surface area contributed by atoms with Crippen LogP contribution in [0.15, 0.2) is 16.9 Å². The molecule has 3 rings (SSSR count). The number of hydrogen-bond donors (Lipinski definition) is 3. The zero-order chi connectivity index (χ0) is 15.7. The van der Waals surface area contributed by atoms with Gasteiger partial charge in [0.1, 0.15) is 12.1 Å². The lowest BCUT2D eigenvalue weighted by atomic mass is 10.1. The first-order valence-corrected chi connectivity index (χ1v) is 7.77. The van der Waals surface area contributed by atoms with Gasteiger partial charge in [0.15, 0.2) is 5.82 Å². The number of piperidine rings is 1. The maximum Gasteiger partial charge on any atom is 0.250 e. The summed E-state index contributed by atoms with van der Waals surface area (Å²) in [5.41, 5.74) is 5.74. The molecule has 2 heterocycles. The molecule has 2 aromatic rings. The van der Waals surface area contributed by atoms with E-state index in [9.17, 15) is 9.18 Å². The maximum absolute atomic E-state index is 14.5. The van der Waals surface area contributed by atoms with E-state index in [1.807, 2.05) is 0 Å². The van der Waals surface area contributed by atoms with Crippen LogP contribution in [0.1, 0.15) is 23.2 Å². The zero-order valence-electron chi connectivity index (χ0n) is 11.7. The number of nitrogens with zero attached hydrogens (tertiary/aromatic N) is 2.